The third-order valence-electron chi connectivity index (χ3n) is 2.03. The van der Waals surface area contributed by atoms with Crippen LogP contribution in [0.3, 0.4) is 0 Å². The summed E-state index contributed by atoms with van der Waals surface area (Å²) in [6.45, 7) is 10.4. The van der Waals surface area contributed by atoms with Crippen molar-refractivity contribution in [1.29, 1.82) is 0 Å². The van der Waals surface area contributed by atoms with E-state index in [1.54, 1.807) is 12.5 Å². The summed E-state index contributed by atoms with van der Waals surface area (Å²) in [5, 5.41) is 0. The van der Waals surface area contributed by atoms with Gasteiger partial charge in [-0.25, -0.2) is 4.98 Å². The highest BCUT2D eigenvalue weighted by atomic mass is 15.0. The predicted molar refractivity (Wildman–Crippen MR) is 64.5 cm³/mol. The lowest BCUT2D eigenvalue weighted by atomic mass is 10.2. The molecule has 0 spiro atoms. The SMILES string of the molecule is C=CC(/C=C\C(=C)Cn1ccnc1)=C/C. The zero-order valence-electron chi connectivity index (χ0n) is 9.06. The zero-order chi connectivity index (χ0) is 11.1. The highest BCUT2D eigenvalue weighted by Gasteiger charge is 1.91. The Kier molecular flexibility index (Phi) is 4.35. The molecule has 0 aliphatic rings. The van der Waals surface area contributed by atoms with Crippen molar-refractivity contribution in [1.82, 2.24) is 9.55 Å². The Morgan fingerprint density at radius 2 is 2.27 bits per heavy atom. The van der Waals surface area contributed by atoms with Crippen molar-refractivity contribution < 1.29 is 0 Å². The summed E-state index contributed by atoms with van der Waals surface area (Å²) in [4.78, 5) is 3.97. The molecule has 2 heteroatoms. The molecule has 1 heterocycles. The molecule has 0 aliphatic carbocycles. The van der Waals surface area contributed by atoms with Gasteiger partial charge < -0.3 is 4.57 Å². The molecule has 1 rings (SSSR count). The number of imidazole rings is 1. The van der Waals surface area contributed by atoms with Crippen LogP contribution in [0.25, 0.3) is 0 Å². The van der Waals surface area contributed by atoms with Gasteiger partial charge in [0.05, 0.1) is 6.33 Å². The molecular weight excluding hydrogens is 184 g/mol. The smallest absolute Gasteiger partial charge is 0.0949 e. The second-order valence-corrected chi connectivity index (χ2v) is 3.22. The predicted octanol–water partition coefficient (Wildman–Crippen LogP) is 3.13. The molecule has 0 saturated carbocycles. The van der Waals surface area contributed by atoms with E-state index in [1.165, 1.54) is 0 Å². The molecule has 2 nitrogen and oxygen atoms in total. The van der Waals surface area contributed by atoms with Gasteiger partial charge in [-0.1, -0.05) is 37.5 Å². The summed E-state index contributed by atoms with van der Waals surface area (Å²) in [5.74, 6) is 0. The van der Waals surface area contributed by atoms with E-state index in [9.17, 15) is 0 Å². The zero-order valence-corrected chi connectivity index (χ0v) is 9.06. The highest BCUT2D eigenvalue weighted by molar-refractivity contribution is 5.32. The Morgan fingerprint density at radius 1 is 1.47 bits per heavy atom. The minimum Gasteiger partial charge on any atom is -0.333 e. The second kappa shape index (κ2) is 5.81. The Bertz CT molecular complexity index is 381. The van der Waals surface area contributed by atoms with Crippen LogP contribution in [0, 0.1) is 0 Å². The molecular formula is C13H16N2. The van der Waals surface area contributed by atoms with Gasteiger partial charge in [0.25, 0.3) is 0 Å². The Hall–Kier alpha value is -1.83. The molecule has 0 atom stereocenters. The van der Waals surface area contributed by atoms with Crippen LogP contribution in [-0.4, -0.2) is 9.55 Å². The van der Waals surface area contributed by atoms with E-state index in [-0.39, 0.29) is 0 Å². The average molecular weight is 200 g/mol. The maximum Gasteiger partial charge on any atom is 0.0949 e. The van der Waals surface area contributed by atoms with Gasteiger partial charge >= 0.3 is 0 Å². The molecule has 0 radical (unpaired) electrons. The summed E-state index contributed by atoms with van der Waals surface area (Å²) in [7, 11) is 0. The van der Waals surface area contributed by atoms with Crippen LogP contribution in [0.4, 0.5) is 0 Å². The van der Waals surface area contributed by atoms with Gasteiger partial charge in [0.1, 0.15) is 0 Å². The van der Waals surface area contributed by atoms with Crippen LogP contribution in [0.5, 0.6) is 0 Å². The van der Waals surface area contributed by atoms with Crippen LogP contribution in [0.1, 0.15) is 6.92 Å². The lowest BCUT2D eigenvalue weighted by molar-refractivity contribution is 0.799. The lowest BCUT2D eigenvalue weighted by Gasteiger charge is -2.00. The molecule has 78 valence electrons. The maximum atomic E-state index is 3.97. The minimum absolute atomic E-state index is 0.768. The van der Waals surface area contributed by atoms with Gasteiger partial charge in [0.2, 0.25) is 0 Å². The fourth-order valence-electron chi connectivity index (χ4n) is 1.16. The molecule has 0 aromatic carbocycles. The highest BCUT2D eigenvalue weighted by Crippen LogP contribution is 2.03. The standard InChI is InChI=1S/C13H16N2/c1-4-13(5-2)7-6-12(3)10-15-9-8-14-11-15/h4-9,11H,1,3,10H2,2H3/b7-6-,13-5-. The molecule has 0 amide bonds. The minimum atomic E-state index is 0.768. The van der Waals surface area contributed by atoms with Crippen LogP contribution in [0.2, 0.25) is 0 Å². The van der Waals surface area contributed by atoms with Crippen LogP contribution >= 0.6 is 0 Å². The number of aromatic nitrogens is 2. The fourth-order valence-corrected chi connectivity index (χ4v) is 1.16. The molecule has 0 aliphatic heterocycles. The number of nitrogens with zero attached hydrogens (tertiary/aromatic N) is 2. The van der Waals surface area contributed by atoms with Gasteiger partial charge in [-0.2, -0.15) is 0 Å². The van der Waals surface area contributed by atoms with Crippen LogP contribution in [0.15, 0.2) is 67.3 Å². The van der Waals surface area contributed by atoms with E-state index < -0.39 is 0 Å². The summed E-state index contributed by atoms with van der Waals surface area (Å²) < 4.78 is 1.98. The van der Waals surface area contributed by atoms with Gasteiger partial charge in [-0.05, 0) is 18.1 Å². The van der Waals surface area contributed by atoms with Crippen molar-refractivity contribution in [3.05, 3.63) is 67.3 Å². The number of rotatable bonds is 5. The topological polar surface area (TPSA) is 17.8 Å². The first-order valence-corrected chi connectivity index (χ1v) is 4.86. The van der Waals surface area contributed by atoms with Crippen molar-refractivity contribution in [2.24, 2.45) is 0 Å². The summed E-state index contributed by atoms with van der Waals surface area (Å²) in [6, 6.07) is 0. The molecule has 15 heavy (non-hydrogen) atoms. The lowest BCUT2D eigenvalue weighted by Crippen LogP contribution is -1.94. The van der Waals surface area contributed by atoms with E-state index in [0.29, 0.717) is 0 Å². The summed E-state index contributed by atoms with van der Waals surface area (Å²) in [5.41, 5.74) is 2.14. The van der Waals surface area contributed by atoms with E-state index in [4.69, 9.17) is 0 Å². The molecule has 0 bridgehead atoms. The number of allylic oxidation sites excluding steroid dienone is 6. The Balaban J connectivity index is 2.53. The van der Waals surface area contributed by atoms with Crippen molar-refractivity contribution >= 4 is 0 Å². The summed E-state index contributed by atoms with van der Waals surface area (Å²) >= 11 is 0. The average Bonchev–Trinajstić information content (AvgIpc) is 2.72. The second-order valence-electron chi connectivity index (χ2n) is 3.22. The van der Waals surface area contributed by atoms with E-state index in [2.05, 4.69) is 18.1 Å². The van der Waals surface area contributed by atoms with Gasteiger partial charge in [0.15, 0.2) is 0 Å². The third kappa shape index (κ3) is 3.81. The first-order chi connectivity index (χ1) is 7.26. The Labute approximate surface area is 91.0 Å². The first kappa shape index (κ1) is 11.2. The van der Waals surface area contributed by atoms with Crippen molar-refractivity contribution in [2.75, 3.05) is 0 Å². The number of hydrogen-bond donors (Lipinski definition) is 0. The van der Waals surface area contributed by atoms with Crippen molar-refractivity contribution in [2.45, 2.75) is 13.5 Å². The monoisotopic (exact) mass is 200 g/mol. The van der Waals surface area contributed by atoms with Gasteiger partial charge in [-0.3, -0.25) is 0 Å². The molecule has 0 fully saturated rings. The fraction of sp³-hybridized carbons (Fsp3) is 0.154. The largest absolute Gasteiger partial charge is 0.333 e. The maximum absolute atomic E-state index is 3.97. The Morgan fingerprint density at radius 3 is 2.80 bits per heavy atom. The third-order valence-corrected chi connectivity index (χ3v) is 2.03. The van der Waals surface area contributed by atoms with Crippen molar-refractivity contribution in [3.8, 4) is 0 Å². The molecule has 1 aromatic rings. The van der Waals surface area contributed by atoms with Gasteiger partial charge in [0, 0.05) is 18.9 Å². The van der Waals surface area contributed by atoms with Gasteiger partial charge in [-0.15, -0.1) is 0 Å². The quantitative estimate of drug-likeness (QED) is 0.668. The van der Waals surface area contributed by atoms with E-state index in [1.807, 2.05) is 42.0 Å². The molecule has 0 saturated heterocycles. The normalized spacial score (nSPS) is 11.9. The molecule has 0 N–H and O–H groups in total. The summed E-state index contributed by atoms with van der Waals surface area (Å²) in [6.07, 6.45) is 13.3. The molecule has 1 aromatic heterocycles. The van der Waals surface area contributed by atoms with Crippen molar-refractivity contribution in [3.63, 3.8) is 0 Å². The van der Waals surface area contributed by atoms with Crippen LogP contribution in [-0.2, 0) is 6.54 Å². The van der Waals surface area contributed by atoms with Crippen LogP contribution < -0.4 is 0 Å². The van der Waals surface area contributed by atoms with E-state index >= 15 is 0 Å². The van der Waals surface area contributed by atoms with E-state index in [0.717, 1.165) is 17.7 Å². The number of hydrogen-bond acceptors (Lipinski definition) is 1. The first-order valence-electron chi connectivity index (χ1n) is 4.86. The molecule has 0 unspecified atom stereocenters.